The van der Waals surface area contributed by atoms with Gasteiger partial charge in [-0.1, -0.05) is 78.9 Å². The molecule has 1 aromatic heterocycles. The van der Waals surface area contributed by atoms with E-state index in [9.17, 15) is 14.9 Å². The summed E-state index contributed by atoms with van der Waals surface area (Å²) in [4.78, 5) is 34.7. The molecule has 4 rings (SSSR count). The van der Waals surface area contributed by atoms with E-state index in [1.54, 1.807) is 4.90 Å². The van der Waals surface area contributed by atoms with Crippen LogP contribution in [-0.2, 0) is 4.79 Å². The third kappa shape index (κ3) is 5.25. The topological polar surface area (TPSA) is 113 Å². The molecular formula is C26H24N6O3. The Morgan fingerprint density at radius 1 is 0.914 bits per heavy atom. The molecule has 0 radical (unpaired) electrons. The van der Waals surface area contributed by atoms with Gasteiger partial charge < -0.3 is 4.90 Å². The van der Waals surface area contributed by atoms with Gasteiger partial charge in [0, 0.05) is 12.2 Å². The van der Waals surface area contributed by atoms with Crippen LogP contribution < -0.4 is 15.8 Å². The van der Waals surface area contributed by atoms with Crippen molar-refractivity contribution in [3.05, 3.63) is 119 Å². The SMILES string of the molecule is CCN(c1ccccc1)c1ncnc(NNC(=O)C(c2ccccc2)c2ccccc2)c1[N+](=O)[O-]. The largest absolute Gasteiger partial charge is 0.355 e. The number of hydrogen-bond acceptors (Lipinski definition) is 7. The minimum absolute atomic E-state index is 0.109. The molecule has 1 amide bonds. The van der Waals surface area contributed by atoms with E-state index in [2.05, 4.69) is 20.8 Å². The maximum absolute atomic E-state index is 13.3. The second kappa shape index (κ2) is 10.9. The molecule has 35 heavy (non-hydrogen) atoms. The van der Waals surface area contributed by atoms with E-state index in [1.165, 1.54) is 6.33 Å². The second-order valence-corrected chi connectivity index (χ2v) is 7.60. The Morgan fingerprint density at radius 2 is 1.46 bits per heavy atom. The number of para-hydroxylation sites is 1. The molecule has 0 unspecified atom stereocenters. The van der Waals surface area contributed by atoms with E-state index in [-0.39, 0.29) is 23.2 Å². The van der Waals surface area contributed by atoms with Crippen LogP contribution in [0.25, 0.3) is 0 Å². The molecule has 3 aromatic carbocycles. The number of amides is 1. The highest BCUT2D eigenvalue weighted by Crippen LogP contribution is 2.35. The number of hydrazine groups is 1. The fourth-order valence-electron chi connectivity index (χ4n) is 3.87. The van der Waals surface area contributed by atoms with Crippen molar-refractivity contribution in [1.29, 1.82) is 0 Å². The van der Waals surface area contributed by atoms with Crippen LogP contribution in [0.2, 0.25) is 0 Å². The first-order valence-corrected chi connectivity index (χ1v) is 11.1. The summed E-state index contributed by atoms with van der Waals surface area (Å²) in [6.07, 6.45) is 1.23. The third-order valence-electron chi connectivity index (χ3n) is 5.46. The molecule has 0 spiro atoms. The normalized spacial score (nSPS) is 10.6. The van der Waals surface area contributed by atoms with Crippen LogP contribution in [-0.4, -0.2) is 27.3 Å². The summed E-state index contributed by atoms with van der Waals surface area (Å²) in [7, 11) is 0. The smallest absolute Gasteiger partial charge is 0.321 e. The number of nitro groups is 1. The van der Waals surface area contributed by atoms with Gasteiger partial charge in [0.15, 0.2) is 0 Å². The number of nitrogens with zero attached hydrogens (tertiary/aromatic N) is 4. The van der Waals surface area contributed by atoms with Gasteiger partial charge in [-0.05, 0) is 30.2 Å². The summed E-state index contributed by atoms with van der Waals surface area (Å²) in [6.45, 7) is 2.32. The molecule has 0 bridgehead atoms. The van der Waals surface area contributed by atoms with Crippen LogP contribution in [0.3, 0.4) is 0 Å². The molecule has 9 nitrogen and oxygen atoms in total. The fraction of sp³-hybridized carbons (Fsp3) is 0.115. The molecule has 0 aliphatic heterocycles. The quantitative estimate of drug-likeness (QED) is 0.267. The van der Waals surface area contributed by atoms with Crippen LogP contribution in [0.1, 0.15) is 24.0 Å². The molecule has 176 valence electrons. The zero-order chi connectivity index (χ0) is 24.6. The van der Waals surface area contributed by atoms with Crippen LogP contribution in [0, 0.1) is 10.1 Å². The zero-order valence-electron chi connectivity index (χ0n) is 19.0. The van der Waals surface area contributed by atoms with Gasteiger partial charge in [0.05, 0.1) is 10.8 Å². The summed E-state index contributed by atoms with van der Waals surface area (Å²) < 4.78 is 0. The summed E-state index contributed by atoms with van der Waals surface area (Å²) in [5.74, 6) is -0.991. The average molecular weight is 469 g/mol. The lowest BCUT2D eigenvalue weighted by Crippen LogP contribution is -2.35. The van der Waals surface area contributed by atoms with Gasteiger partial charge in [0.2, 0.25) is 17.5 Å². The summed E-state index contributed by atoms with van der Waals surface area (Å²) in [5.41, 5.74) is 7.27. The Bertz CT molecular complexity index is 1250. The number of hydrogen-bond donors (Lipinski definition) is 2. The van der Waals surface area contributed by atoms with Crippen molar-refractivity contribution >= 4 is 28.9 Å². The van der Waals surface area contributed by atoms with Gasteiger partial charge in [-0.2, -0.15) is 0 Å². The third-order valence-corrected chi connectivity index (χ3v) is 5.46. The first-order chi connectivity index (χ1) is 17.1. The van der Waals surface area contributed by atoms with Crippen LogP contribution in [0.15, 0.2) is 97.3 Å². The summed E-state index contributed by atoms with van der Waals surface area (Å²) in [5, 5.41) is 12.1. The standard InChI is InChI=1S/C26H24N6O3/c1-2-31(21-16-10-5-11-17-21)25-23(32(34)35)24(27-18-28-25)29-30-26(33)22(19-12-6-3-7-13-19)20-14-8-4-9-15-20/h3-18,22H,2H2,1H3,(H,30,33)(H,27,28,29). The maximum atomic E-state index is 13.3. The van der Waals surface area contributed by atoms with E-state index in [0.29, 0.717) is 6.54 Å². The van der Waals surface area contributed by atoms with Gasteiger partial charge in [0.25, 0.3) is 0 Å². The molecule has 0 aliphatic carbocycles. The van der Waals surface area contributed by atoms with Gasteiger partial charge in [-0.25, -0.2) is 9.97 Å². The lowest BCUT2D eigenvalue weighted by molar-refractivity contribution is -0.383. The highest BCUT2D eigenvalue weighted by molar-refractivity contribution is 5.88. The number of aromatic nitrogens is 2. The summed E-state index contributed by atoms with van der Waals surface area (Å²) in [6, 6.07) is 27.9. The highest BCUT2D eigenvalue weighted by atomic mass is 16.6. The van der Waals surface area contributed by atoms with Crippen LogP contribution in [0.5, 0.6) is 0 Å². The van der Waals surface area contributed by atoms with Crippen molar-refractivity contribution in [3.8, 4) is 0 Å². The van der Waals surface area contributed by atoms with Crippen molar-refractivity contribution in [1.82, 2.24) is 15.4 Å². The lowest BCUT2D eigenvalue weighted by Gasteiger charge is -2.22. The zero-order valence-corrected chi connectivity index (χ0v) is 19.0. The summed E-state index contributed by atoms with van der Waals surface area (Å²) >= 11 is 0. The van der Waals surface area contributed by atoms with Gasteiger partial charge in [-0.3, -0.25) is 25.8 Å². The molecule has 0 aliphatic rings. The molecule has 0 fully saturated rings. The average Bonchev–Trinajstić information content (AvgIpc) is 2.90. The molecular weight excluding hydrogens is 444 g/mol. The molecule has 0 atom stereocenters. The fourth-order valence-corrected chi connectivity index (χ4v) is 3.87. The van der Waals surface area contributed by atoms with Gasteiger partial charge in [-0.15, -0.1) is 0 Å². The van der Waals surface area contributed by atoms with E-state index in [0.717, 1.165) is 16.8 Å². The minimum Gasteiger partial charge on any atom is -0.321 e. The Morgan fingerprint density at radius 3 is 1.97 bits per heavy atom. The van der Waals surface area contributed by atoms with Gasteiger partial charge >= 0.3 is 5.69 Å². The number of carbonyl (C=O) groups is 1. The van der Waals surface area contributed by atoms with E-state index >= 15 is 0 Å². The number of nitrogens with one attached hydrogen (secondary N) is 2. The number of rotatable bonds is 9. The monoisotopic (exact) mass is 468 g/mol. The lowest BCUT2D eigenvalue weighted by atomic mass is 9.91. The first-order valence-electron chi connectivity index (χ1n) is 11.1. The molecule has 1 heterocycles. The van der Waals surface area contributed by atoms with E-state index in [1.807, 2.05) is 97.9 Å². The Kier molecular flexibility index (Phi) is 7.27. The maximum Gasteiger partial charge on any atom is 0.355 e. The van der Waals surface area contributed by atoms with Crippen molar-refractivity contribution in [2.45, 2.75) is 12.8 Å². The number of benzene rings is 3. The predicted octanol–water partition coefficient (Wildman–Crippen LogP) is 4.82. The van der Waals surface area contributed by atoms with E-state index < -0.39 is 10.8 Å². The molecule has 2 N–H and O–H groups in total. The van der Waals surface area contributed by atoms with Crippen molar-refractivity contribution < 1.29 is 9.72 Å². The minimum atomic E-state index is -0.623. The molecule has 9 heteroatoms. The molecule has 0 saturated heterocycles. The van der Waals surface area contributed by atoms with Crippen LogP contribution in [0.4, 0.5) is 23.0 Å². The van der Waals surface area contributed by atoms with Gasteiger partial charge in [0.1, 0.15) is 6.33 Å². The van der Waals surface area contributed by atoms with Crippen molar-refractivity contribution in [2.24, 2.45) is 0 Å². The van der Waals surface area contributed by atoms with Crippen molar-refractivity contribution in [2.75, 3.05) is 16.9 Å². The number of carbonyl (C=O) groups excluding carboxylic acids is 1. The second-order valence-electron chi connectivity index (χ2n) is 7.60. The predicted molar refractivity (Wildman–Crippen MR) is 134 cm³/mol. The highest BCUT2D eigenvalue weighted by Gasteiger charge is 2.29. The van der Waals surface area contributed by atoms with Crippen LogP contribution >= 0.6 is 0 Å². The molecule has 4 aromatic rings. The van der Waals surface area contributed by atoms with E-state index in [4.69, 9.17) is 0 Å². The van der Waals surface area contributed by atoms with Crippen molar-refractivity contribution in [3.63, 3.8) is 0 Å². The Hall–Kier alpha value is -4.79. The number of anilines is 3. The molecule has 0 saturated carbocycles. The first kappa shape index (κ1) is 23.4. The Balaban J connectivity index is 1.64. The Labute approximate surface area is 202 Å².